The first-order valence-electron chi connectivity index (χ1n) is 6.26. The second-order valence-electron chi connectivity index (χ2n) is 5.75. The molecule has 0 fully saturated rings. The Bertz CT molecular complexity index is 555. The van der Waals surface area contributed by atoms with Crippen LogP contribution in [0.15, 0.2) is 18.2 Å². The molecule has 0 saturated carbocycles. The molecular weight excluding hydrogens is 264 g/mol. The highest BCUT2D eigenvalue weighted by molar-refractivity contribution is 7.18. The number of quaternary nitrogens is 1. The van der Waals surface area contributed by atoms with Gasteiger partial charge >= 0.3 is 0 Å². The summed E-state index contributed by atoms with van der Waals surface area (Å²) in [5, 5.41) is 2.18. The Morgan fingerprint density at radius 2 is 2.00 bits per heavy atom. The Morgan fingerprint density at radius 3 is 2.67 bits per heavy atom. The van der Waals surface area contributed by atoms with Crippen molar-refractivity contribution in [3.05, 3.63) is 28.2 Å². The fraction of sp³-hybridized carbons (Fsp3) is 0.500. The number of halogens is 1. The van der Waals surface area contributed by atoms with Crippen molar-refractivity contribution >= 4 is 33.2 Å². The molecule has 2 aromatic rings. The molecule has 0 spiro atoms. The number of rotatable bonds is 4. The highest BCUT2D eigenvalue weighted by Gasteiger charge is 2.18. The fourth-order valence-corrected chi connectivity index (χ4v) is 3.35. The van der Waals surface area contributed by atoms with Crippen LogP contribution >= 0.6 is 22.9 Å². The van der Waals surface area contributed by atoms with Crippen LogP contribution in [0, 0.1) is 6.92 Å². The van der Waals surface area contributed by atoms with Crippen molar-refractivity contribution in [2.24, 2.45) is 0 Å². The standard InChI is InChI=1S/C14H21ClN2S/c1-11-16(8-5-9-17(2,3)4)13-10-12(15)6-7-14(13)18-11/h6-7,10H,5,8-9H2,1-4H3/q+2. The third-order valence-electron chi connectivity index (χ3n) is 3.06. The Morgan fingerprint density at radius 1 is 1.28 bits per heavy atom. The zero-order valence-corrected chi connectivity index (χ0v) is 13.1. The van der Waals surface area contributed by atoms with Gasteiger partial charge < -0.3 is 4.48 Å². The molecule has 0 atom stereocenters. The average Bonchev–Trinajstić information content (AvgIpc) is 2.54. The van der Waals surface area contributed by atoms with E-state index in [-0.39, 0.29) is 0 Å². The van der Waals surface area contributed by atoms with E-state index >= 15 is 0 Å². The van der Waals surface area contributed by atoms with Crippen LogP contribution in [0.2, 0.25) is 5.02 Å². The largest absolute Gasteiger partial charge is 0.331 e. The summed E-state index contributed by atoms with van der Waals surface area (Å²) in [5.41, 5.74) is 1.27. The lowest BCUT2D eigenvalue weighted by molar-refractivity contribution is -0.873. The predicted octanol–water partition coefficient (Wildman–Crippen LogP) is 3.25. The second kappa shape index (κ2) is 5.16. The van der Waals surface area contributed by atoms with Crippen molar-refractivity contribution < 1.29 is 9.05 Å². The fourth-order valence-electron chi connectivity index (χ4n) is 2.15. The summed E-state index contributed by atoms with van der Waals surface area (Å²) in [7, 11) is 6.71. The number of hydrogen-bond acceptors (Lipinski definition) is 1. The SMILES string of the molecule is Cc1sc2ccc(Cl)cc2[n+]1CCC[N+](C)(C)C. The van der Waals surface area contributed by atoms with Crippen LogP contribution in [-0.4, -0.2) is 32.2 Å². The molecule has 0 amide bonds. The molecule has 0 aliphatic rings. The molecule has 0 radical (unpaired) electrons. The highest BCUT2D eigenvalue weighted by atomic mass is 35.5. The first kappa shape index (κ1) is 13.8. The molecule has 1 aromatic carbocycles. The maximum atomic E-state index is 6.09. The smallest absolute Gasteiger partial charge is 0.235 e. The lowest BCUT2D eigenvalue weighted by Crippen LogP contribution is -2.40. The first-order valence-corrected chi connectivity index (χ1v) is 7.45. The molecule has 0 bridgehead atoms. The van der Waals surface area contributed by atoms with E-state index in [2.05, 4.69) is 44.8 Å². The van der Waals surface area contributed by atoms with E-state index < -0.39 is 0 Å². The quantitative estimate of drug-likeness (QED) is 0.599. The minimum absolute atomic E-state index is 0.820. The van der Waals surface area contributed by atoms with Crippen molar-refractivity contribution in [2.45, 2.75) is 19.9 Å². The van der Waals surface area contributed by atoms with Gasteiger partial charge in [-0.3, -0.25) is 0 Å². The Hall–Kier alpha value is -0.640. The summed E-state index contributed by atoms with van der Waals surface area (Å²) in [6.45, 7) is 4.44. The van der Waals surface area contributed by atoms with Gasteiger partial charge in [-0.05, 0) is 12.1 Å². The Balaban J connectivity index is 2.22. The van der Waals surface area contributed by atoms with E-state index in [1.165, 1.54) is 28.2 Å². The number of benzene rings is 1. The molecule has 4 heteroatoms. The molecule has 98 valence electrons. The molecular formula is C14H21ClN2S+2. The summed E-state index contributed by atoms with van der Waals surface area (Å²) in [4.78, 5) is 0. The van der Waals surface area contributed by atoms with Crippen molar-refractivity contribution in [1.29, 1.82) is 0 Å². The monoisotopic (exact) mass is 284 g/mol. The van der Waals surface area contributed by atoms with E-state index in [1.807, 2.05) is 17.4 Å². The van der Waals surface area contributed by atoms with E-state index in [1.54, 1.807) is 0 Å². The first-order chi connectivity index (χ1) is 8.37. The van der Waals surface area contributed by atoms with Gasteiger partial charge in [0, 0.05) is 18.0 Å². The molecule has 0 N–H and O–H groups in total. The zero-order valence-electron chi connectivity index (χ0n) is 11.5. The summed E-state index contributed by atoms with van der Waals surface area (Å²) >= 11 is 7.94. The molecule has 0 aliphatic heterocycles. The van der Waals surface area contributed by atoms with Gasteiger partial charge in [-0.2, -0.15) is 4.57 Å². The van der Waals surface area contributed by atoms with E-state index in [9.17, 15) is 0 Å². The van der Waals surface area contributed by atoms with Crippen LogP contribution in [0.25, 0.3) is 10.2 Å². The van der Waals surface area contributed by atoms with E-state index in [0.717, 1.165) is 16.1 Å². The maximum absolute atomic E-state index is 6.09. The summed E-state index contributed by atoms with van der Waals surface area (Å²) in [6.07, 6.45) is 1.19. The van der Waals surface area contributed by atoms with Crippen molar-refractivity contribution in [3.8, 4) is 0 Å². The number of fused-ring (bicyclic) bond motifs is 1. The van der Waals surface area contributed by atoms with Crippen LogP contribution in [0.1, 0.15) is 11.4 Å². The number of hydrogen-bond donors (Lipinski definition) is 0. The van der Waals surface area contributed by atoms with Gasteiger partial charge in [0.15, 0.2) is 6.54 Å². The van der Waals surface area contributed by atoms with Gasteiger partial charge in [0.1, 0.15) is 4.70 Å². The van der Waals surface area contributed by atoms with Crippen LogP contribution in [-0.2, 0) is 6.54 Å². The molecule has 0 unspecified atom stereocenters. The van der Waals surface area contributed by atoms with Gasteiger partial charge in [0.25, 0.3) is 0 Å². The van der Waals surface area contributed by atoms with Crippen molar-refractivity contribution in [3.63, 3.8) is 0 Å². The number of nitrogens with zero attached hydrogens (tertiary/aromatic N) is 2. The Kier molecular flexibility index (Phi) is 3.95. The van der Waals surface area contributed by atoms with Crippen LogP contribution in [0.5, 0.6) is 0 Å². The zero-order chi connectivity index (χ0) is 13.3. The van der Waals surface area contributed by atoms with E-state index in [0.29, 0.717) is 0 Å². The summed E-state index contributed by atoms with van der Waals surface area (Å²) in [5.74, 6) is 0. The number of thiazole rings is 1. The molecule has 2 nitrogen and oxygen atoms in total. The maximum Gasteiger partial charge on any atom is 0.235 e. The number of aromatic nitrogens is 1. The van der Waals surface area contributed by atoms with Gasteiger partial charge in [0.05, 0.1) is 34.1 Å². The topological polar surface area (TPSA) is 3.88 Å². The van der Waals surface area contributed by atoms with Crippen LogP contribution in [0.3, 0.4) is 0 Å². The second-order valence-corrected chi connectivity index (χ2v) is 7.42. The lowest BCUT2D eigenvalue weighted by Gasteiger charge is -2.22. The third-order valence-corrected chi connectivity index (χ3v) is 4.38. The molecule has 0 saturated heterocycles. The minimum atomic E-state index is 0.820. The van der Waals surface area contributed by atoms with Crippen LogP contribution < -0.4 is 4.57 Å². The molecule has 1 heterocycles. The predicted molar refractivity (Wildman–Crippen MR) is 79.3 cm³/mol. The van der Waals surface area contributed by atoms with Crippen molar-refractivity contribution in [2.75, 3.05) is 27.7 Å². The normalized spacial score (nSPS) is 12.3. The minimum Gasteiger partial charge on any atom is -0.331 e. The molecule has 1 aromatic heterocycles. The van der Waals surface area contributed by atoms with Gasteiger partial charge in [-0.15, -0.1) is 0 Å². The average molecular weight is 285 g/mol. The van der Waals surface area contributed by atoms with Gasteiger partial charge in [0.2, 0.25) is 10.5 Å². The Labute approximate surface area is 118 Å². The summed E-state index contributed by atoms with van der Waals surface area (Å²) < 4.78 is 4.73. The number of aryl methyl sites for hydroxylation is 2. The lowest BCUT2D eigenvalue weighted by atomic mass is 10.3. The molecule has 18 heavy (non-hydrogen) atoms. The molecule has 0 aliphatic carbocycles. The molecule has 2 rings (SSSR count). The third kappa shape index (κ3) is 3.22. The van der Waals surface area contributed by atoms with E-state index in [4.69, 9.17) is 11.6 Å². The van der Waals surface area contributed by atoms with Gasteiger partial charge in [-0.1, -0.05) is 22.9 Å². The summed E-state index contributed by atoms with van der Waals surface area (Å²) in [6, 6.07) is 6.16. The highest BCUT2D eigenvalue weighted by Crippen LogP contribution is 2.23. The van der Waals surface area contributed by atoms with Crippen LogP contribution in [0.4, 0.5) is 0 Å². The van der Waals surface area contributed by atoms with Crippen molar-refractivity contribution in [1.82, 2.24) is 0 Å². The van der Waals surface area contributed by atoms with Gasteiger partial charge in [-0.25, -0.2) is 0 Å².